The van der Waals surface area contributed by atoms with Crippen molar-refractivity contribution in [1.29, 1.82) is 0 Å². The third-order valence-corrected chi connectivity index (χ3v) is 8.97. The first-order valence-electron chi connectivity index (χ1n) is 16.3. The van der Waals surface area contributed by atoms with E-state index in [1.807, 2.05) is 36.4 Å². The normalized spacial score (nSPS) is 16.5. The minimum atomic E-state index is 0.0934. The first-order valence-corrected chi connectivity index (χ1v) is 16.3. The molecule has 0 saturated carbocycles. The standard InChI is InChI=1S/C44H33N3O/c1-30-17-16-25-38-40(30)41-36(29-35-34-24-14-15-26-39(34)48-43(35)42(41)47(38)33-22-12-7-13-23-33)44(45-2)46-37(32-20-10-6-11-21-32)28-27-31-18-8-4-3-5-9-19-31/h3-4,6-8,10-18,20-26,28-29,31H,2,5,27H2,1H3/b4-3-,18-8-,37-28-,46-44-. The molecular weight excluding hydrogens is 587 g/mol. The Morgan fingerprint density at radius 2 is 1.69 bits per heavy atom. The van der Waals surface area contributed by atoms with Gasteiger partial charge in [-0.05, 0) is 61.5 Å². The number of furan rings is 1. The van der Waals surface area contributed by atoms with Crippen LogP contribution in [0.5, 0.6) is 0 Å². The molecule has 0 saturated heterocycles. The quantitative estimate of drug-likeness (QED) is 0.104. The van der Waals surface area contributed by atoms with Crippen molar-refractivity contribution in [1.82, 2.24) is 4.57 Å². The molecule has 8 rings (SSSR count). The van der Waals surface area contributed by atoms with E-state index in [1.54, 1.807) is 0 Å². The maximum atomic E-state index is 6.70. The van der Waals surface area contributed by atoms with Gasteiger partial charge in [0.2, 0.25) is 0 Å². The van der Waals surface area contributed by atoms with Crippen LogP contribution in [-0.2, 0) is 0 Å². The van der Waals surface area contributed by atoms with Gasteiger partial charge in [-0.2, -0.15) is 0 Å². The Kier molecular flexibility index (Phi) is 7.64. The van der Waals surface area contributed by atoms with E-state index < -0.39 is 0 Å². The van der Waals surface area contributed by atoms with Gasteiger partial charge in [0.15, 0.2) is 11.4 Å². The van der Waals surface area contributed by atoms with Crippen LogP contribution >= 0.6 is 0 Å². The number of allylic oxidation sites excluding steroid dienone is 5. The second-order valence-electron chi connectivity index (χ2n) is 12.0. The van der Waals surface area contributed by atoms with Crippen LogP contribution in [0.25, 0.3) is 55.1 Å². The Balaban J connectivity index is 1.45. The smallest absolute Gasteiger partial charge is 0.160 e. The first-order chi connectivity index (χ1) is 23.7. The van der Waals surface area contributed by atoms with Gasteiger partial charge in [-0.15, -0.1) is 0 Å². The zero-order valence-electron chi connectivity index (χ0n) is 26.7. The SMILES string of the molecule is C=N/C(=N\C(=C/CC1C#CC/C=C\C=C/1)c1ccccc1)c1cc2c3ccccc3oc2c2c1c1c(C)cccc1n2-c1ccccc1. The van der Waals surface area contributed by atoms with Gasteiger partial charge in [0.1, 0.15) is 5.58 Å². The average molecular weight is 620 g/mol. The van der Waals surface area contributed by atoms with E-state index in [0.717, 1.165) is 84.7 Å². The highest BCUT2D eigenvalue weighted by molar-refractivity contribution is 6.29. The van der Waals surface area contributed by atoms with Crippen molar-refractivity contribution in [2.75, 3.05) is 0 Å². The third-order valence-electron chi connectivity index (χ3n) is 8.97. The van der Waals surface area contributed by atoms with Gasteiger partial charge in [0.05, 0.1) is 16.7 Å². The zero-order valence-corrected chi connectivity index (χ0v) is 26.7. The number of hydrogen-bond donors (Lipinski definition) is 0. The minimum absolute atomic E-state index is 0.0934. The van der Waals surface area contributed by atoms with Crippen molar-refractivity contribution in [2.45, 2.75) is 19.8 Å². The molecule has 230 valence electrons. The van der Waals surface area contributed by atoms with E-state index in [0.29, 0.717) is 5.84 Å². The number of para-hydroxylation sites is 2. The molecule has 1 aliphatic rings. The van der Waals surface area contributed by atoms with Gasteiger partial charge in [-0.1, -0.05) is 121 Å². The van der Waals surface area contributed by atoms with E-state index in [9.17, 15) is 0 Å². The van der Waals surface area contributed by atoms with Crippen LogP contribution in [0, 0.1) is 24.7 Å². The molecule has 48 heavy (non-hydrogen) atoms. The molecule has 1 aliphatic carbocycles. The van der Waals surface area contributed by atoms with Gasteiger partial charge in [-0.25, -0.2) is 9.98 Å². The van der Waals surface area contributed by atoms with Crippen molar-refractivity contribution < 1.29 is 4.42 Å². The molecule has 4 nitrogen and oxygen atoms in total. The maximum Gasteiger partial charge on any atom is 0.160 e. The lowest BCUT2D eigenvalue weighted by atomic mass is 9.99. The van der Waals surface area contributed by atoms with Crippen molar-refractivity contribution in [3.63, 3.8) is 0 Å². The summed E-state index contributed by atoms with van der Waals surface area (Å²) in [6.45, 7) is 6.24. The molecule has 0 aliphatic heterocycles. The van der Waals surface area contributed by atoms with Crippen molar-refractivity contribution in [3.05, 3.63) is 156 Å². The van der Waals surface area contributed by atoms with Crippen molar-refractivity contribution in [3.8, 4) is 17.5 Å². The van der Waals surface area contributed by atoms with Crippen LogP contribution in [0.15, 0.2) is 154 Å². The number of aryl methyl sites for hydroxylation is 1. The molecule has 0 fully saturated rings. The van der Waals surface area contributed by atoms with E-state index in [-0.39, 0.29) is 5.92 Å². The minimum Gasteiger partial charge on any atom is -0.454 e. The maximum absolute atomic E-state index is 6.70. The highest BCUT2D eigenvalue weighted by atomic mass is 16.3. The fourth-order valence-electron chi connectivity index (χ4n) is 6.76. The first kappa shape index (κ1) is 29.2. The van der Waals surface area contributed by atoms with Gasteiger partial charge in [0, 0.05) is 45.1 Å². The lowest BCUT2D eigenvalue weighted by molar-refractivity contribution is 0.671. The van der Waals surface area contributed by atoms with Crippen LogP contribution in [0.3, 0.4) is 0 Å². The van der Waals surface area contributed by atoms with Crippen LogP contribution in [0.4, 0.5) is 0 Å². The predicted octanol–water partition coefficient (Wildman–Crippen LogP) is 11.0. The van der Waals surface area contributed by atoms with E-state index >= 15 is 0 Å². The second-order valence-corrected chi connectivity index (χ2v) is 12.0. The van der Waals surface area contributed by atoms with E-state index in [2.05, 4.69) is 138 Å². The Hall–Kier alpha value is -6.18. The van der Waals surface area contributed by atoms with E-state index in [1.165, 1.54) is 0 Å². The molecular formula is C44H33N3O. The molecule has 5 aromatic carbocycles. The summed E-state index contributed by atoms with van der Waals surface area (Å²) in [6, 6.07) is 37.6. The molecule has 0 N–H and O–H groups in total. The summed E-state index contributed by atoms with van der Waals surface area (Å²) in [7, 11) is 0. The summed E-state index contributed by atoms with van der Waals surface area (Å²) < 4.78 is 9.01. The van der Waals surface area contributed by atoms with Crippen molar-refractivity contribution in [2.24, 2.45) is 15.9 Å². The number of benzene rings is 5. The Labute approximate surface area is 279 Å². The number of hydrogen-bond acceptors (Lipinski definition) is 2. The summed E-state index contributed by atoms with van der Waals surface area (Å²) >= 11 is 0. The fraction of sp³-hybridized carbons (Fsp3) is 0.0909. The highest BCUT2D eigenvalue weighted by Gasteiger charge is 2.25. The van der Waals surface area contributed by atoms with Crippen LogP contribution in [-0.4, -0.2) is 17.1 Å². The molecule has 4 heteroatoms. The Bertz CT molecular complexity index is 2530. The Morgan fingerprint density at radius 1 is 0.896 bits per heavy atom. The summed E-state index contributed by atoms with van der Waals surface area (Å²) in [5.41, 5.74) is 8.72. The fourth-order valence-corrected chi connectivity index (χ4v) is 6.76. The number of rotatable bonds is 6. The van der Waals surface area contributed by atoms with Gasteiger partial charge < -0.3 is 8.98 Å². The second kappa shape index (κ2) is 12.5. The largest absolute Gasteiger partial charge is 0.454 e. The summed E-state index contributed by atoms with van der Waals surface area (Å²) in [4.78, 5) is 9.98. The zero-order chi connectivity index (χ0) is 32.5. The number of aliphatic imine (C=N–C) groups is 2. The topological polar surface area (TPSA) is 42.8 Å². The molecule has 1 unspecified atom stereocenters. The van der Waals surface area contributed by atoms with Crippen LogP contribution in [0.2, 0.25) is 0 Å². The third kappa shape index (κ3) is 5.16. The molecule has 7 aromatic rings. The number of aromatic nitrogens is 1. The van der Waals surface area contributed by atoms with Crippen LogP contribution in [0.1, 0.15) is 29.5 Å². The van der Waals surface area contributed by atoms with E-state index in [4.69, 9.17) is 9.41 Å². The molecule has 0 radical (unpaired) electrons. The summed E-state index contributed by atoms with van der Waals surface area (Å²) in [5, 5.41) is 4.23. The lowest BCUT2D eigenvalue weighted by Crippen LogP contribution is -2.01. The van der Waals surface area contributed by atoms with Gasteiger partial charge >= 0.3 is 0 Å². The molecule has 0 bridgehead atoms. The Morgan fingerprint density at radius 3 is 2.52 bits per heavy atom. The lowest BCUT2D eigenvalue weighted by Gasteiger charge is -2.11. The molecule has 0 spiro atoms. The monoisotopic (exact) mass is 619 g/mol. The average Bonchev–Trinajstić information content (AvgIpc) is 3.66. The predicted molar refractivity (Wildman–Crippen MR) is 202 cm³/mol. The van der Waals surface area contributed by atoms with Gasteiger partial charge in [0.25, 0.3) is 0 Å². The summed E-state index contributed by atoms with van der Waals surface area (Å²) in [5.74, 6) is 7.32. The summed E-state index contributed by atoms with van der Waals surface area (Å²) in [6.07, 6.45) is 12.0. The number of fused-ring (bicyclic) bond motifs is 7. The molecule has 1 atom stereocenters. The van der Waals surface area contributed by atoms with Crippen molar-refractivity contribution >= 4 is 62.0 Å². The van der Waals surface area contributed by atoms with Gasteiger partial charge in [-0.3, -0.25) is 0 Å². The number of nitrogens with zero attached hydrogens (tertiary/aromatic N) is 3. The molecule has 2 heterocycles. The molecule has 2 aromatic heterocycles. The van der Waals surface area contributed by atoms with Crippen LogP contribution < -0.4 is 0 Å². The molecule has 0 amide bonds. The number of amidine groups is 1. The highest BCUT2D eigenvalue weighted by Crippen LogP contribution is 2.43.